The van der Waals surface area contributed by atoms with Gasteiger partial charge in [0.05, 0.1) is 12.5 Å². The highest BCUT2D eigenvalue weighted by Gasteiger charge is 2.25. The highest BCUT2D eigenvalue weighted by Crippen LogP contribution is 2.17. The van der Waals surface area contributed by atoms with Crippen molar-refractivity contribution in [3.05, 3.63) is 0 Å². The van der Waals surface area contributed by atoms with Crippen molar-refractivity contribution in [1.29, 1.82) is 0 Å². The van der Waals surface area contributed by atoms with Crippen LogP contribution >= 0.6 is 0 Å². The van der Waals surface area contributed by atoms with Gasteiger partial charge in [-0.1, -0.05) is 143 Å². The van der Waals surface area contributed by atoms with E-state index < -0.39 is 30.1 Å². The molecule has 0 rings (SSSR count). The Kier molecular flexibility index (Phi) is 29.5. The SMILES string of the molecule is CC(C)CCCCCCCCCCCC(=O)OC(CCCCCCCCCCCC(C)C)CC(=O)NCCC(=O)N[C@H](C(=O)O)[C@@H](C)O. The third kappa shape index (κ3) is 29.9. The molecule has 0 aliphatic rings. The van der Waals surface area contributed by atoms with Crippen LogP contribution in [0.3, 0.4) is 0 Å². The van der Waals surface area contributed by atoms with Gasteiger partial charge in [-0.05, 0) is 38.0 Å². The van der Waals surface area contributed by atoms with E-state index in [2.05, 4.69) is 38.3 Å². The number of aliphatic hydroxyl groups excluding tert-OH is 1. The number of ether oxygens (including phenoxy) is 1. The molecule has 48 heavy (non-hydrogen) atoms. The van der Waals surface area contributed by atoms with Crippen molar-refractivity contribution in [2.75, 3.05) is 6.54 Å². The van der Waals surface area contributed by atoms with Crippen molar-refractivity contribution in [2.24, 2.45) is 11.8 Å². The molecule has 4 N–H and O–H groups in total. The number of nitrogens with one attached hydrogen (secondary N) is 2. The van der Waals surface area contributed by atoms with Crippen molar-refractivity contribution >= 4 is 23.8 Å². The first-order valence-corrected chi connectivity index (χ1v) is 19.6. The Morgan fingerprint density at radius 1 is 0.562 bits per heavy atom. The molecule has 9 nitrogen and oxygen atoms in total. The van der Waals surface area contributed by atoms with Crippen molar-refractivity contribution < 1.29 is 34.1 Å². The molecule has 0 aromatic carbocycles. The number of carboxylic acid groups (broad SMARTS) is 1. The highest BCUT2D eigenvalue weighted by atomic mass is 16.5. The maximum atomic E-state index is 12.7. The van der Waals surface area contributed by atoms with E-state index in [0.717, 1.165) is 50.4 Å². The molecule has 0 aliphatic heterocycles. The van der Waals surface area contributed by atoms with Crippen LogP contribution in [0.15, 0.2) is 0 Å². The zero-order valence-corrected chi connectivity index (χ0v) is 31.5. The van der Waals surface area contributed by atoms with Crippen LogP contribution in [0.25, 0.3) is 0 Å². The number of amides is 2. The molecule has 2 amide bonds. The predicted octanol–water partition coefficient (Wildman–Crippen LogP) is 8.64. The topological polar surface area (TPSA) is 142 Å². The van der Waals surface area contributed by atoms with Gasteiger partial charge in [0.15, 0.2) is 6.04 Å². The van der Waals surface area contributed by atoms with Crippen LogP contribution < -0.4 is 10.6 Å². The van der Waals surface area contributed by atoms with E-state index in [4.69, 9.17) is 9.84 Å². The zero-order chi connectivity index (χ0) is 36.0. The predicted molar refractivity (Wildman–Crippen MR) is 195 cm³/mol. The second kappa shape index (κ2) is 30.9. The Balaban J connectivity index is 4.48. The van der Waals surface area contributed by atoms with Gasteiger partial charge in [-0.3, -0.25) is 14.4 Å². The standard InChI is InChI=1S/C39H74N2O7/c1-31(2)24-20-16-12-8-6-10-14-18-22-26-34(30-36(44)40-29-28-35(43)41-38(33(5)42)39(46)47)48-37(45)27-23-19-15-11-7-9-13-17-21-25-32(3)4/h31-34,38,42H,6-30H2,1-5H3,(H,40,44)(H,41,43)(H,46,47)/t33-,34?,38+/m1/s1. The van der Waals surface area contributed by atoms with Crippen molar-refractivity contribution in [3.8, 4) is 0 Å². The molecule has 0 aliphatic carbocycles. The molecule has 0 radical (unpaired) electrons. The number of aliphatic carboxylic acids is 1. The first-order valence-electron chi connectivity index (χ1n) is 19.6. The molecular formula is C39H74N2O7. The van der Waals surface area contributed by atoms with Gasteiger partial charge < -0.3 is 25.6 Å². The number of carbonyl (C=O) groups excluding carboxylic acids is 3. The van der Waals surface area contributed by atoms with Gasteiger partial charge in [0.2, 0.25) is 11.8 Å². The van der Waals surface area contributed by atoms with Gasteiger partial charge in [-0.15, -0.1) is 0 Å². The van der Waals surface area contributed by atoms with Gasteiger partial charge in [-0.2, -0.15) is 0 Å². The van der Waals surface area contributed by atoms with E-state index in [1.165, 1.54) is 96.8 Å². The van der Waals surface area contributed by atoms with E-state index in [1.807, 2.05) is 0 Å². The molecule has 0 saturated heterocycles. The van der Waals surface area contributed by atoms with Gasteiger partial charge >= 0.3 is 11.9 Å². The van der Waals surface area contributed by atoms with Crippen LogP contribution in [-0.2, 0) is 23.9 Å². The smallest absolute Gasteiger partial charge is 0.328 e. The zero-order valence-electron chi connectivity index (χ0n) is 31.5. The van der Waals surface area contributed by atoms with Crippen LogP contribution in [0.4, 0.5) is 0 Å². The summed E-state index contributed by atoms with van der Waals surface area (Å²) in [6.07, 6.45) is 23.2. The molecule has 0 heterocycles. The maximum absolute atomic E-state index is 12.7. The lowest BCUT2D eigenvalue weighted by atomic mass is 10.0. The van der Waals surface area contributed by atoms with E-state index >= 15 is 0 Å². The van der Waals surface area contributed by atoms with Crippen LogP contribution in [0.1, 0.15) is 189 Å². The second-order valence-electron chi connectivity index (χ2n) is 14.8. The summed E-state index contributed by atoms with van der Waals surface area (Å²) in [4.78, 5) is 48.6. The fourth-order valence-corrected chi connectivity index (χ4v) is 5.90. The highest BCUT2D eigenvalue weighted by molar-refractivity contribution is 5.84. The summed E-state index contributed by atoms with van der Waals surface area (Å²) >= 11 is 0. The lowest BCUT2D eigenvalue weighted by Crippen LogP contribution is -2.48. The largest absolute Gasteiger partial charge is 0.480 e. The minimum absolute atomic E-state index is 0.0207. The lowest BCUT2D eigenvalue weighted by Gasteiger charge is -2.19. The quantitative estimate of drug-likeness (QED) is 0.0401. The molecule has 0 saturated carbocycles. The summed E-state index contributed by atoms with van der Waals surface area (Å²) in [5.74, 6) is -0.896. The van der Waals surface area contributed by atoms with E-state index in [1.54, 1.807) is 0 Å². The van der Waals surface area contributed by atoms with Gasteiger partial charge in [-0.25, -0.2) is 4.79 Å². The molecule has 0 fully saturated rings. The van der Waals surface area contributed by atoms with Crippen LogP contribution in [0.2, 0.25) is 0 Å². The number of carbonyl (C=O) groups is 4. The molecule has 9 heteroatoms. The molecule has 1 unspecified atom stereocenters. The summed E-state index contributed by atoms with van der Waals surface area (Å²) in [6.45, 7) is 10.4. The van der Waals surface area contributed by atoms with Crippen molar-refractivity contribution in [2.45, 2.75) is 207 Å². The average molecular weight is 683 g/mol. The number of carboxylic acids is 1. The van der Waals surface area contributed by atoms with Crippen LogP contribution in [-0.4, -0.2) is 58.8 Å². The Labute approximate surface area is 293 Å². The molecular weight excluding hydrogens is 608 g/mol. The van der Waals surface area contributed by atoms with Gasteiger partial charge in [0, 0.05) is 19.4 Å². The minimum atomic E-state index is -1.41. The summed E-state index contributed by atoms with van der Waals surface area (Å²) in [7, 11) is 0. The lowest BCUT2D eigenvalue weighted by molar-refractivity contribution is -0.151. The fraction of sp³-hybridized carbons (Fsp3) is 0.897. The van der Waals surface area contributed by atoms with Gasteiger partial charge in [0.25, 0.3) is 0 Å². The maximum Gasteiger partial charge on any atom is 0.328 e. The molecule has 0 bridgehead atoms. The molecule has 0 spiro atoms. The third-order valence-electron chi connectivity index (χ3n) is 8.92. The summed E-state index contributed by atoms with van der Waals surface area (Å²) in [5.41, 5.74) is 0. The monoisotopic (exact) mass is 683 g/mol. The molecule has 0 aromatic heterocycles. The fourth-order valence-electron chi connectivity index (χ4n) is 5.90. The Morgan fingerprint density at radius 2 is 0.979 bits per heavy atom. The van der Waals surface area contributed by atoms with Crippen LogP contribution in [0, 0.1) is 11.8 Å². The number of unbranched alkanes of at least 4 members (excludes halogenated alkanes) is 16. The number of hydrogen-bond acceptors (Lipinski definition) is 6. The minimum Gasteiger partial charge on any atom is -0.480 e. The number of rotatable bonds is 33. The first-order chi connectivity index (χ1) is 22.9. The van der Waals surface area contributed by atoms with E-state index in [0.29, 0.717) is 12.8 Å². The normalized spacial score (nSPS) is 13.3. The van der Waals surface area contributed by atoms with E-state index in [9.17, 15) is 24.3 Å². The van der Waals surface area contributed by atoms with Crippen LogP contribution in [0.5, 0.6) is 0 Å². The number of aliphatic hydroxyl groups is 1. The molecule has 3 atom stereocenters. The second-order valence-corrected chi connectivity index (χ2v) is 14.8. The summed E-state index contributed by atoms with van der Waals surface area (Å²) in [5, 5.41) is 23.6. The molecule has 282 valence electrons. The summed E-state index contributed by atoms with van der Waals surface area (Å²) in [6, 6.07) is -1.41. The summed E-state index contributed by atoms with van der Waals surface area (Å²) < 4.78 is 5.78. The molecule has 0 aromatic rings. The van der Waals surface area contributed by atoms with Crippen molar-refractivity contribution in [3.63, 3.8) is 0 Å². The van der Waals surface area contributed by atoms with Crippen molar-refractivity contribution in [1.82, 2.24) is 10.6 Å². The Morgan fingerprint density at radius 3 is 1.40 bits per heavy atom. The van der Waals surface area contributed by atoms with Gasteiger partial charge in [0.1, 0.15) is 6.10 Å². The van der Waals surface area contributed by atoms with E-state index in [-0.39, 0.29) is 31.3 Å². The number of esters is 1. The average Bonchev–Trinajstić information content (AvgIpc) is 3.00. The Hall–Kier alpha value is -2.16. The third-order valence-corrected chi connectivity index (χ3v) is 8.92. The number of hydrogen-bond donors (Lipinski definition) is 4. The Bertz CT molecular complexity index is 831. The first kappa shape index (κ1) is 45.8.